The number of aryl methyl sites for hydroxylation is 1. The molecule has 3 heteroatoms. The van der Waals surface area contributed by atoms with Crippen molar-refractivity contribution < 1.29 is 13.2 Å². The van der Waals surface area contributed by atoms with Crippen LogP contribution in [0.1, 0.15) is 31.9 Å². The van der Waals surface area contributed by atoms with E-state index in [0.29, 0.717) is 0 Å². The predicted octanol–water partition coefficient (Wildman–Crippen LogP) is 4.34. The summed E-state index contributed by atoms with van der Waals surface area (Å²) in [6, 6.07) is 5.74. The molecule has 0 aliphatic rings. The highest BCUT2D eigenvalue weighted by Crippen LogP contribution is 2.28. The van der Waals surface area contributed by atoms with Crippen molar-refractivity contribution in [1.29, 1.82) is 0 Å². The van der Waals surface area contributed by atoms with Crippen molar-refractivity contribution in [3.05, 3.63) is 35.4 Å². The second kappa shape index (κ2) is 6.49. The molecule has 0 aliphatic carbocycles. The van der Waals surface area contributed by atoms with E-state index in [0.717, 1.165) is 12.0 Å². The average Bonchev–Trinajstić information content (AvgIpc) is 2.32. The molecule has 0 fully saturated rings. The van der Waals surface area contributed by atoms with Crippen molar-refractivity contribution in [3.8, 4) is 0 Å². The summed E-state index contributed by atoms with van der Waals surface area (Å²) in [6.45, 7) is 4.29. The van der Waals surface area contributed by atoms with Crippen LogP contribution in [0.2, 0.25) is 0 Å². The first-order valence-electron chi connectivity index (χ1n) is 5.13. The molecule has 0 unspecified atom stereocenters. The third-order valence-corrected chi connectivity index (χ3v) is 1.95. The summed E-state index contributed by atoms with van der Waals surface area (Å²) < 4.78 is 37.4. The summed E-state index contributed by atoms with van der Waals surface area (Å²) in [5.74, 6) is -3.34. The molecule has 0 aromatic heterocycles. The standard InChI is InChI=1S/C10H11F3.C2H6/c1-2-8-3-5-9(6-4-8)10(12,13)7-11;1-2/h3-6H,2,7H2,1H3;1-2H3. The summed E-state index contributed by atoms with van der Waals surface area (Å²) in [6.07, 6.45) is 0.793. The minimum atomic E-state index is -3.34. The highest BCUT2D eigenvalue weighted by Gasteiger charge is 2.31. The number of rotatable bonds is 3. The molecule has 0 nitrogen and oxygen atoms in total. The van der Waals surface area contributed by atoms with Gasteiger partial charge in [-0.05, 0) is 12.0 Å². The van der Waals surface area contributed by atoms with Crippen LogP contribution in [0.3, 0.4) is 0 Å². The van der Waals surface area contributed by atoms with Crippen LogP contribution in [-0.4, -0.2) is 6.67 Å². The molecular weight excluding hydrogens is 201 g/mol. The third-order valence-electron chi connectivity index (χ3n) is 1.95. The van der Waals surface area contributed by atoms with Crippen molar-refractivity contribution in [2.45, 2.75) is 33.1 Å². The van der Waals surface area contributed by atoms with Crippen LogP contribution in [0.25, 0.3) is 0 Å². The summed E-state index contributed by atoms with van der Waals surface area (Å²) in [5.41, 5.74) is 0.714. The van der Waals surface area contributed by atoms with E-state index >= 15 is 0 Å². The van der Waals surface area contributed by atoms with Gasteiger partial charge in [-0.1, -0.05) is 45.0 Å². The molecule has 0 saturated carbocycles. The van der Waals surface area contributed by atoms with E-state index in [1.807, 2.05) is 20.8 Å². The molecule has 0 radical (unpaired) electrons. The van der Waals surface area contributed by atoms with Gasteiger partial charge in [0.1, 0.15) is 0 Å². The molecular formula is C12H17F3. The van der Waals surface area contributed by atoms with Crippen LogP contribution in [0.15, 0.2) is 24.3 Å². The zero-order chi connectivity index (χ0) is 11.9. The first kappa shape index (κ1) is 14.0. The van der Waals surface area contributed by atoms with Crippen LogP contribution in [0, 0.1) is 0 Å². The van der Waals surface area contributed by atoms with Gasteiger partial charge in [0, 0.05) is 5.56 Å². The van der Waals surface area contributed by atoms with Gasteiger partial charge >= 0.3 is 5.92 Å². The molecule has 0 aliphatic heterocycles. The second-order valence-electron chi connectivity index (χ2n) is 2.89. The van der Waals surface area contributed by atoms with E-state index in [2.05, 4.69) is 0 Å². The zero-order valence-electron chi connectivity index (χ0n) is 9.36. The van der Waals surface area contributed by atoms with E-state index < -0.39 is 12.6 Å². The minimum absolute atomic E-state index is 0.257. The third kappa shape index (κ3) is 3.94. The van der Waals surface area contributed by atoms with E-state index in [4.69, 9.17) is 0 Å². The molecule has 0 bridgehead atoms. The minimum Gasteiger partial charge on any atom is -0.244 e. The summed E-state index contributed by atoms with van der Waals surface area (Å²) in [4.78, 5) is 0. The fraction of sp³-hybridized carbons (Fsp3) is 0.500. The molecule has 0 spiro atoms. The normalized spacial score (nSPS) is 10.5. The molecule has 0 N–H and O–H groups in total. The van der Waals surface area contributed by atoms with Crippen molar-refractivity contribution in [2.75, 3.05) is 6.67 Å². The molecule has 0 atom stereocenters. The van der Waals surface area contributed by atoms with Crippen LogP contribution in [0.5, 0.6) is 0 Å². The lowest BCUT2D eigenvalue weighted by atomic mass is 10.1. The van der Waals surface area contributed by atoms with Gasteiger partial charge in [0.2, 0.25) is 0 Å². The van der Waals surface area contributed by atoms with Gasteiger partial charge in [-0.25, -0.2) is 4.39 Å². The fourth-order valence-electron chi connectivity index (χ4n) is 1.06. The van der Waals surface area contributed by atoms with Crippen molar-refractivity contribution in [3.63, 3.8) is 0 Å². The largest absolute Gasteiger partial charge is 0.301 e. The topological polar surface area (TPSA) is 0 Å². The van der Waals surface area contributed by atoms with Crippen LogP contribution >= 0.6 is 0 Å². The highest BCUT2D eigenvalue weighted by molar-refractivity contribution is 5.25. The maximum Gasteiger partial charge on any atom is 0.301 e. The van der Waals surface area contributed by atoms with Gasteiger partial charge in [0.15, 0.2) is 6.67 Å². The molecule has 1 rings (SSSR count). The van der Waals surface area contributed by atoms with Crippen molar-refractivity contribution >= 4 is 0 Å². The van der Waals surface area contributed by atoms with Gasteiger partial charge in [0.25, 0.3) is 0 Å². The molecule has 0 saturated heterocycles. The Bertz CT molecular complexity index is 265. The quantitative estimate of drug-likeness (QED) is 0.708. The van der Waals surface area contributed by atoms with Crippen LogP contribution < -0.4 is 0 Å². The Morgan fingerprint density at radius 2 is 1.53 bits per heavy atom. The lowest BCUT2D eigenvalue weighted by Crippen LogP contribution is -2.15. The van der Waals surface area contributed by atoms with Crippen LogP contribution in [0.4, 0.5) is 13.2 Å². The summed E-state index contributed by atoms with van der Waals surface area (Å²) in [7, 11) is 0. The maximum atomic E-state index is 12.7. The number of hydrogen-bond donors (Lipinski definition) is 0. The molecule has 0 amide bonds. The smallest absolute Gasteiger partial charge is 0.244 e. The summed E-state index contributed by atoms with van der Waals surface area (Å²) in [5, 5.41) is 0. The van der Waals surface area contributed by atoms with Gasteiger partial charge in [0.05, 0.1) is 0 Å². The Kier molecular flexibility index (Phi) is 6.06. The molecule has 0 heterocycles. The maximum absolute atomic E-state index is 12.7. The SMILES string of the molecule is CC.CCc1ccc(C(F)(F)CF)cc1. The molecule has 15 heavy (non-hydrogen) atoms. The Balaban J connectivity index is 0.000000921. The van der Waals surface area contributed by atoms with E-state index in [-0.39, 0.29) is 5.56 Å². The Hall–Kier alpha value is -0.990. The Morgan fingerprint density at radius 3 is 1.87 bits per heavy atom. The lowest BCUT2D eigenvalue weighted by Gasteiger charge is -2.12. The first-order chi connectivity index (χ1) is 7.10. The number of hydrogen-bond acceptors (Lipinski definition) is 0. The molecule has 86 valence electrons. The molecule has 1 aromatic carbocycles. The first-order valence-corrected chi connectivity index (χ1v) is 5.13. The monoisotopic (exact) mass is 218 g/mol. The van der Waals surface area contributed by atoms with Gasteiger partial charge in [-0.3, -0.25) is 0 Å². The zero-order valence-corrected chi connectivity index (χ0v) is 9.36. The number of halogens is 3. The van der Waals surface area contributed by atoms with E-state index in [1.165, 1.54) is 12.1 Å². The predicted molar refractivity (Wildman–Crippen MR) is 57.0 cm³/mol. The average molecular weight is 218 g/mol. The van der Waals surface area contributed by atoms with E-state index in [9.17, 15) is 13.2 Å². The van der Waals surface area contributed by atoms with Gasteiger partial charge < -0.3 is 0 Å². The number of alkyl halides is 3. The summed E-state index contributed by atoms with van der Waals surface area (Å²) >= 11 is 0. The lowest BCUT2D eigenvalue weighted by molar-refractivity contribution is -0.0280. The van der Waals surface area contributed by atoms with Gasteiger partial charge in [-0.2, -0.15) is 8.78 Å². The Labute approximate surface area is 89.1 Å². The van der Waals surface area contributed by atoms with Crippen molar-refractivity contribution in [2.24, 2.45) is 0 Å². The fourth-order valence-corrected chi connectivity index (χ4v) is 1.06. The van der Waals surface area contributed by atoms with E-state index in [1.54, 1.807) is 12.1 Å². The molecule has 1 aromatic rings. The van der Waals surface area contributed by atoms with Crippen molar-refractivity contribution in [1.82, 2.24) is 0 Å². The van der Waals surface area contributed by atoms with Gasteiger partial charge in [-0.15, -0.1) is 0 Å². The second-order valence-corrected chi connectivity index (χ2v) is 2.89. The van der Waals surface area contributed by atoms with Crippen LogP contribution in [-0.2, 0) is 12.3 Å². The highest BCUT2D eigenvalue weighted by atomic mass is 19.3. The Morgan fingerprint density at radius 1 is 1.07 bits per heavy atom. The number of benzene rings is 1.